The Morgan fingerprint density at radius 1 is 1.12 bits per heavy atom. The molecule has 0 radical (unpaired) electrons. The molecule has 0 saturated heterocycles. The van der Waals surface area contributed by atoms with Gasteiger partial charge in [-0.1, -0.05) is 35.5 Å². The van der Waals surface area contributed by atoms with E-state index >= 15 is 0 Å². The van der Waals surface area contributed by atoms with Gasteiger partial charge < -0.3 is 14.6 Å². The van der Waals surface area contributed by atoms with E-state index in [1.165, 1.54) is 0 Å². The minimum Gasteiger partial charge on any atom is -0.497 e. The minimum atomic E-state index is -0.0481. The third-order valence-corrected chi connectivity index (χ3v) is 3.71. The van der Waals surface area contributed by atoms with Crippen molar-refractivity contribution in [2.75, 3.05) is 7.11 Å². The highest BCUT2D eigenvalue weighted by molar-refractivity contribution is 5.76. The van der Waals surface area contributed by atoms with Crippen molar-refractivity contribution in [1.82, 2.24) is 15.5 Å². The summed E-state index contributed by atoms with van der Waals surface area (Å²) < 4.78 is 10.3. The summed E-state index contributed by atoms with van der Waals surface area (Å²) in [4.78, 5) is 16.2. The number of nitrogens with one attached hydrogen (secondary N) is 1. The second kappa shape index (κ2) is 8.10. The van der Waals surface area contributed by atoms with Gasteiger partial charge in [-0.3, -0.25) is 4.79 Å². The molecule has 0 aliphatic heterocycles. The molecule has 0 atom stereocenters. The van der Waals surface area contributed by atoms with Crippen LogP contribution in [0.25, 0.3) is 11.4 Å². The average Bonchev–Trinajstić information content (AvgIpc) is 3.14. The lowest BCUT2D eigenvalue weighted by Gasteiger charge is -2.03. The smallest absolute Gasteiger partial charge is 0.227 e. The van der Waals surface area contributed by atoms with Crippen LogP contribution in [0.4, 0.5) is 0 Å². The number of hydrogen-bond acceptors (Lipinski definition) is 5. The summed E-state index contributed by atoms with van der Waals surface area (Å²) in [5.41, 5.74) is 1.90. The van der Waals surface area contributed by atoms with Gasteiger partial charge in [0.15, 0.2) is 0 Å². The molecule has 1 aromatic heterocycles. The van der Waals surface area contributed by atoms with Crippen molar-refractivity contribution in [1.29, 1.82) is 0 Å². The summed E-state index contributed by atoms with van der Waals surface area (Å²) in [7, 11) is 1.62. The van der Waals surface area contributed by atoms with Crippen molar-refractivity contribution in [3.8, 4) is 17.1 Å². The molecule has 2 aromatic carbocycles. The Morgan fingerprint density at radius 2 is 1.88 bits per heavy atom. The number of methoxy groups -OCH3 is 1. The van der Waals surface area contributed by atoms with Crippen LogP contribution >= 0.6 is 0 Å². The number of benzene rings is 2. The van der Waals surface area contributed by atoms with Gasteiger partial charge in [-0.15, -0.1) is 0 Å². The van der Waals surface area contributed by atoms with Crippen LogP contribution in [0, 0.1) is 0 Å². The van der Waals surface area contributed by atoms with E-state index in [9.17, 15) is 4.79 Å². The Bertz CT molecular complexity index is 813. The monoisotopic (exact) mass is 337 g/mol. The maximum atomic E-state index is 11.9. The normalized spacial score (nSPS) is 10.4. The second-order valence-corrected chi connectivity index (χ2v) is 5.50. The van der Waals surface area contributed by atoms with Crippen molar-refractivity contribution >= 4 is 5.91 Å². The molecule has 0 aliphatic carbocycles. The summed E-state index contributed by atoms with van der Waals surface area (Å²) in [6.45, 7) is 0.514. The van der Waals surface area contributed by atoms with Gasteiger partial charge in [0.2, 0.25) is 17.6 Å². The Labute approximate surface area is 145 Å². The molecule has 0 saturated carbocycles. The quantitative estimate of drug-likeness (QED) is 0.717. The van der Waals surface area contributed by atoms with Gasteiger partial charge in [-0.2, -0.15) is 4.98 Å². The van der Waals surface area contributed by atoms with E-state index in [-0.39, 0.29) is 5.91 Å². The van der Waals surface area contributed by atoms with Gasteiger partial charge in [-0.05, 0) is 29.8 Å². The lowest BCUT2D eigenvalue weighted by atomic mass is 10.2. The molecular weight excluding hydrogens is 318 g/mol. The molecule has 1 amide bonds. The van der Waals surface area contributed by atoms with E-state index in [1.54, 1.807) is 7.11 Å². The number of ether oxygens (including phenoxy) is 1. The lowest BCUT2D eigenvalue weighted by molar-refractivity contribution is -0.121. The van der Waals surface area contributed by atoms with Crippen LogP contribution in [-0.2, 0) is 17.8 Å². The Kier molecular flexibility index (Phi) is 5.41. The van der Waals surface area contributed by atoms with Gasteiger partial charge in [0.25, 0.3) is 0 Å². The molecule has 1 heterocycles. The molecule has 3 rings (SSSR count). The number of carbonyl (C=O) groups excluding carboxylic acids is 1. The molecule has 0 fully saturated rings. The zero-order chi connectivity index (χ0) is 17.5. The maximum Gasteiger partial charge on any atom is 0.227 e. The number of amides is 1. The largest absolute Gasteiger partial charge is 0.497 e. The number of aromatic nitrogens is 2. The average molecular weight is 337 g/mol. The van der Waals surface area contributed by atoms with Gasteiger partial charge in [0.05, 0.1) is 7.11 Å². The first kappa shape index (κ1) is 16.7. The van der Waals surface area contributed by atoms with Crippen LogP contribution in [0.3, 0.4) is 0 Å². The van der Waals surface area contributed by atoms with E-state index in [1.807, 2.05) is 54.6 Å². The first-order valence-electron chi connectivity index (χ1n) is 8.02. The van der Waals surface area contributed by atoms with Crippen LogP contribution in [-0.4, -0.2) is 23.2 Å². The molecule has 25 heavy (non-hydrogen) atoms. The number of aryl methyl sites for hydroxylation is 1. The molecule has 0 unspecified atom stereocenters. The van der Waals surface area contributed by atoms with E-state index in [4.69, 9.17) is 9.26 Å². The van der Waals surface area contributed by atoms with Crippen molar-refractivity contribution in [3.05, 3.63) is 66.1 Å². The van der Waals surface area contributed by atoms with Gasteiger partial charge in [0, 0.05) is 24.9 Å². The third kappa shape index (κ3) is 4.67. The van der Waals surface area contributed by atoms with Crippen molar-refractivity contribution in [3.63, 3.8) is 0 Å². The molecular formula is C19H19N3O3. The predicted molar refractivity (Wildman–Crippen MR) is 92.9 cm³/mol. The second-order valence-electron chi connectivity index (χ2n) is 5.50. The van der Waals surface area contributed by atoms with Crippen LogP contribution < -0.4 is 10.1 Å². The van der Waals surface area contributed by atoms with Gasteiger partial charge in [0.1, 0.15) is 5.75 Å². The Balaban J connectivity index is 1.50. The standard InChI is InChI=1S/C19H19N3O3/c1-24-16-9-7-15(8-10-16)19-21-18(25-22-19)12-11-17(23)20-13-14-5-3-2-4-6-14/h2-10H,11-13H2,1H3,(H,20,23). The number of rotatable bonds is 7. The Morgan fingerprint density at radius 3 is 2.60 bits per heavy atom. The number of carbonyl (C=O) groups is 1. The van der Waals surface area contributed by atoms with Gasteiger partial charge >= 0.3 is 0 Å². The van der Waals surface area contributed by atoms with E-state index in [2.05, 4.69) is 15.5 Å². The van der Waals surface area contributed by atoms with Crippen molar-refractivity contribution < 1.29 is 14.1 Å². The summed E-state index contributed by atoms with van der Waals surface area (Å²) in [5, 5.41) is 6.83. The third-order valence-electron chi connectivity index (χ3n) is 3.71. The van der Waals surface area contributed by atoms with Crippen LogP contribution in [0.1, 0.15) is 17.9 Å². The zero-order valence-electron chi connectivity index (χ0n) is 13.9. The molecule has 6 heteroatoms. The number of hydrogen-bond donors (Lipinski definition) is 1. The summed E-state index contributed by atoms with van der Waals surface area (Å²) in [6.07, 6.45) is 0.709. The highest BCUT2D eigenvalue weighted by Gasteiger charge is 2.10. The molecule has 3 aromatic rings. The number of nitrogens with zero attached hydrogens (tertiary/aromatic N) is 2. The summed E-state index contributed by atoms with van der Waals surface area (Å²) >= 11 is 0. The topological polar surface area (TPSA) is 77.2 Å². The zero-order valence-corrected chi connectivity index (χ0v) is 13.9. The van der Waals surface area contributed by atoms with Crippen LogP contribution in [0.5, 0.6) is 5.75 Å². The SMILES string of the molecule is COc1ccc(-c2noc(CCC(=O)NCc3ccccc3)n2)cc1. The molecule has 128 valence electrons. The van der Waals surface area contributed by atoms with E-state index < -0.39 is 0 Å². The van der Waals surface area contributed by atoms with Crippen LogP contribution in [0.2, 0.25) is 0 Å². The lowest BCUT2D eigenvalue weighted by Crippen LogP contribution is -2.22. The Hall–Kier alpha value is -3.15. The fourth-order valence-electron chi connectivity index (χ4n) is 2.32. The highest BCUT2D eigenvalue weighted by Crippen LogP contribution is 2.19. The highest BCUT2D eigenvalue weighted by atomic mass is 16.5. The molecule has 0 aliphatic rings. The molecule has 0 bridgehead atoms. The van der Waals surface area contributed by atoms with E-state index in [0.29, 0.717) is 31.1 Å². The van der Waals surface area contributed by atoms with Crippen LogP contribution in [0.15, 0.2) is 59.1 Å². The van der Waals surface area contributed by atoms with Crippen molar-refractivity contribution in [2.45, 2.75) is 19.4 Å². The summed E-state index contributed by atoms with van der Waals surface area (Å²) in [5.74, 6) is 1.67. The fourth-order valence-corrected chi connectivity index (χ4v) is 2.32. The molecule has 0 spiro atoms. The maximum absolute atomic E-state index is 11.9. The van der Waals surface area contributed by atoms with E-state index in [0.717, 1.165) is 16.9 Å². The first-order chi connectivity index (χ1) is 12.2. The summed E-state index contributed by atoms with van der Waals surface area (Å²) in [6, 6.07) is 17.2. The first-order valence-corrected chi connectivity index (χ1v) is 8.02. The molecule has 1 N–H and O–H groups in total. The van der Waals surface area contributed by atoms with Gasteiger partial charge in [-0.25, -0.2) is 0 Å². The molecule has 6 nitrogen and oxygen atoms in total. The predicted octanol–water partition coefficient (Wildman–Crippen LogP) is 2.99. The van der Waals surface area contributed by atoms with Crippen molar-refractivity contribution in [2.24, 2.45) is 0 Å². The minimum absolute atomic E-state index is 0.0481. The fraction of sp³-hybridized carbons (Fsp3) is 0.211.